The number of hydrogen-bond donors (Lipinski definition) is 0. The molecule has 48 heavy (non-hydrogen) atoms. The van der Waals surface area contributed by atoms with Crippen LogP contribution in [0.5, 0.6) is 0 Å². The average molecular weight is 619 g/mol. The minimum Gasteiger partial charge on any atom is -0.310 e. The van der Waals surface area contributed by atoms with Crippen LogP contribution in [0.1, 0.15) is 61.1 Å². The molecule has 0 saturated carbocycles. The predicted octanol–water partition coefficient (Wildman–Crippen LogP) is 11.3. The quantitative estimate of drug-likeness (QED) is 0.198. The average Bonchev–Trinajstić information content (AvgIpc) is 3.12. The Morgan fingerprint density at radius 1 is 0.417 bits per heavy atom. The van der Waals surface area contributed by atoms with Crippen LogP contribution in [0.15, 0.2) is 133 Å². The van der Waals surface area contributed by atoms with Gasteiger partial charge in [-0.1, -0.05) is 100 Å². The first-order valence-corrected chi connectivity index (χ1v) is 16.3. The van der Waals surface area contributed by atoms with E-state index < -0.39 is 0 Å². The molecule has 230 valence electrons. The molecule has 0 saturated heterocycles. The molecule has 2 aliphatic heterocycles. The van der Waals surface area contributed by atoms with Crippen molar-refractivity contribution in [1.82, 2.24) is 0 Å². The van der Waals surface area contributed by atoms with Gasteiger partial charge in [-0.25, -0.2) is 0 Å². The highest BCUT2D eigenvalue weighted by atomic mass is 15.2. The Hall–Kier alpha value is -6.10. The molecule has 0 unspecified atom stereocenters. The van der Waals surface area contributed by atoms with Crippen molar-refractivity contribution in [3.8, 4) is 23.3 Å². The molecule has 0 atom stereocenters. The number of para-hydroxylation sites is 4. The van der Waals surface area contributed by atoms with Crippen molar-refractivity contribution in [3.63, 3.8) is 0 Å². The summed E-state index contributed by atoms with van der Waals surface area (Å²) in [6.07, 6.45) is 0. The molecule has 0 spiro atoms. The van der Waals surface area contributed by atoms with E-state index in [1.54, 1.807) is 0 Å². The zero-order valence-electron chi connectivity index (χ0n) is 27.5. The van der Waals surface area contributed by atoms with E-state index in [0.717, 1.165) is 45.3 Å². The summed E-state index contributed by atoms with van der Waals surface area (Å²) in [4.78, 5) is 4.57. The molecule has 4 heteroatoms. The first kappa shape index (κ1) is 29.3. The lowest BCUT2D eigenvalue weighted by Gasteiger charge is -2.42. The summed E-state index contributed by atoms with van der Waals surface area (Å²) in [5.74, 6) is 0. The molecule has 2 heterocycles. The van der Waals surface area contributed by atoms with Crippen molar-refractivity contribution in [3.05, 3.63) is 167 Å². The van der Waals surface area contributed by atoms with Gasteiger partial charge in [-0.3, -0.25) is 0 Å². The molecule has 0 bridgehead atoms. The molecule has 8 rings (SSSR count). The van der Waals surface area contributed by atoms with Crippen LogP contribution in [-0.4, -0.2) is 0 Å². The highest BCUT2D eigenvalue weighted by Crippen LogP contribution is 2.54. The maximum atomic E-state index is 10.4. The molecule has 6 aromatic carbocycles. The molecular weight excluding hydrogens is 585 g/mol. The first-order valence-electron chi connectivity index (χ1n) is 16.3. The van der Waals surface area contributed by atoms with Gasteiger partial charge in [-0.05, 0) is 82.9 Å². The van der Waals surface area contributed by atoms with Gasteiger partial charge in [-0.15, -0.1) is 0 Å². The number of rotatable bonds is 3. The lowest BCUT2D eigenvalue weighted by atomic mass is 9.73. The van der Waals surface area contributed by atoms with E-state index in [1.807, 2.05) is 24.3 Å². The SMILES string of the molecule is CC1(C)c2ccccc2N(c2ccc(C#N)c(-c3cc(N4c5ccccc5C(C)(C)c5ccccc54)ccc3C#N)c2)c2ccccc21. The molecule has 4 nitrogen and oxygen atoms in total. The van der Waals surface area contributed by atoms with E-state index >= 15 is 0 Å². The van der Waals surface area contributed by atoms with Crippen LogP contribution in [0.2, 0.25) is 0 Å². The third-order valence-electron chi connectivity index (χ3n) is 10.3. The van der Waals surface area contributed by atoms with Crippen molar-refractivity contribution < 1.29 is 0 Å². The maximum absolute atomic E-state index is 10.4. The molecular formula is C44H34N4. The molecule has 0 fully saturated rings. The maximum Gasteiger partial charge on any atom is 0.0998 e. The monoisotopic (exact) mass is 618 g/mol. The Kier molecular flexibility index (Phi) is 6.55. The molecule has 0 N–H and O–H groups in total. The van der Waals surface area contributed by atoms with Gasteiger partial charge in [0.15, 0.2) is 0 Å². The number of hydrogen-bond acceptors (Lipinski definition) is 4. The van der Waals surface area contributed by atoms with Crippen LogP contribution in [0, 0.1) is 22.7 Å². The van der Waals surface area contributed by atoms with Crippen molar-refractivity contribution in [2.75, 3.05) is 9.80 Å². The Labute approximate surface area is 282 Å². The van der Waals surface area contributed by atoms with Crippen molar-refractivity contribution in [2.24, 2.45) is 0 Å². The zero-order valence-corrected chi connectivity index (χ0v) is 27.5. The fourth-order valence-corrected chi connectivity index (χ4v) is 7.88. The first-order chi connectivity index (χ1) is 23.3. The molecule has 0 radical (unpaired) electrons. The lowest BCUT2D eigenvalue weighted by Crippen LogP contribution is -2.30. The Balaban J connectivity index is 1.34. The third-order valence-corrected chi connectivity index (χ3v) is 10.3. The third kappa shape index (κ3) is 4.20. The molecule has 0 amide bonds. The summed E-state index contributed by atoms with van der Waals surface area (Å²) < 4.78 is 0. The zero-order chi connectivity index (χ0) is 33.2. The van der Waals surface area contributed by atoms with E-state index in [1.165, 1.54) is 22.3 Å². The topological polar surface area (TPSA) is 54.1 Å². The second kappa shape index (κ2) is 10.7. The van der Waals surface area contributed by atoms with Gasteiger partial charge in [0.1, 0.15) is 0 Å². The second-order valence-electron chi connectivity index (χ2n) is 13.7. The molecule has 2 aliphatic rings. The van der Waals surface area contributed by atoms with Crippen LogP contribution >= 0.6 is 0 Å². The van der Waals surface area contributed by atoms with Crippen LogP contribution in [0.4, 0.5) is 34.1 Å². The van der Waals surface area contributed by atoms with E-state index in [4.69, 9.17) is 0 Å². The summed E-state index contributed by atoms with van der Waals surface area (Å²) in [6, 6.07) is 51.0. The minimum atomic E-state index is -0.184. The van der Waals surface area contributed by atoms with E-state index in [0.29, 0.717) is 11.1 Å². The van der Waals surface area contributed by atoms with Gasteiger partial charge in [0.2, 0.25) is 0 Å². The fraction of sp³-hybridized carbons (Fsp3) is 0.136. The van der Waals surface area contributed by atoms with Gasteiger partial charge in [0.25, 0.3) is 0 Å². The summed E-state index contributed by atoms with van der Waals surface area (Å²) >= 11 is 0. The Morgan fingerprint density at radius 2 is 0.708 bits per heavy atom. The Bertz CT molecular complexity index is 2080. The largest absolute Gasteiger partial charge is 0.310 e. The van der Waals surface area contributed by atoms with E-state index in [-0.39, 0.29) is 10.8 Å². The van der Waals surface area contributed by atoms with Gasteiger partial charge in [-0.2, -0.15) is 10.5 Å². The van der Waals surface area contributed by atoms with Crippen LogP contribution in [-0.2, 0) is 10.8 Å². The van der Waals surface area contributed by atoms with Gasteiger partial charge < -0.3 is 9.80 Å². The number of nitrogens with zero attached hydrogens (tertiary/aromatic N) is 4. The number of anilines is 6. The normalized spacial score (nSPS) is 14.9. The Morgan fingerprint density at radius 3 is 1.00 bits per heavy atom. The lowest BCUT2D eigenvalue weighted by molar-refractivity contribution is 0.631. The van der Waals surface area contributed by atoms with Crippen LogP contribution < -0.4 is 9.80 Å². The smallest absolute Gasteiger partial charge is 0.0998 e. The van der Waals surface area contributed by atoms with Crippen LogP contribution in [0.3, 0.4) is 0 Å². The highest BCUT2D eigenvalue weighted by Gasteiger charge is 2.38. The van der Waals surface area contributed by atoms with Gasteiger partial charge in [0, 0.05) is 33.3 Å². The van der Waals surface area contributed by atoms with E-state index in [9.17, 15) is 10.5 Å². The summed E-state index contributed by atoms with van der Waals surface area (Å²) in [5, 5.41) is 20.8. The van der Waals surface area contributed by atoms with Gasteiger partial charge >= 0.3 is 0 Å². The van der Waals surface area contributed by atoms with Crippen molar-refractivity contribution >= 4 is 34.1 Å². The second-order valence-corrected chi connectivity index (χ2v) is 13.7. The highest BCUT2D eigenvalue weighted by molar-refractivity contribution is 5.91. The number of fused-ring (bicyclic) bond motifs is 4. The number of benzene rings is 6. The van der Waals surface area contributed by atoms with Crippen molar-refractivity contribution in [1.29, 1.82) is 10.5 Å². The summed E-state index contributed by atoms with van der Waals surface area (Å²) in [6.45, 7) is 9.09. The number of nitriles is 2. The molecule has 0 aliphatic carbocycles. The minimum absolute atomic E-state index is 0.184. The fourth-order valence-electron chi connectivity index (χ4n) is 7.88. The predicted molar refractivity (Wildman–Crippen MR) is 195 cm³/mol. The summed E-state index contributed by atoms with van der Waals surface area (Å²) in [5.41, 5.74) is 13.4. The summed E-state index contributed by atoms with van der Waals surface area (Å²) in [7, 11) is 0. The van der Waals surface area contributed by atoms with Gasteiger partial charge in [0.05, 0.1) is 46.0 Å². The van der Waals surface area contributed by atoms with Crippen molar-refractivity contribution in [2.45, 2.75) is 38.5 Å². The molecule has 0 aromatic heterocycles. The molecule has 6 aromatic rings. The standard InChI is InChI=1S/C44H34N4/c1-43(2)35-13-5-9-17-39(35)47(40-18-10-6-14-36(40)43)31-23-21-29(27-45)33(25-31)34-26-32(24-22-30(34)28-46)48-41-19-11-7-15-37(41)44(3,4)38-16-8-12-20-42(38)48/h5-26H,1-4H3. The van der Waals surface area contributed by atoms with E-state index in [2.05, 4.69) is 159 Å². The van der Waals surface area contributed by atoms with Crippen LogP contribution in [0.25, 0.3) is 11.1 Å².